The first-order valence-electron chi connectivity index (χ1n) is 6.15. The molecule has 0 aliphatic rings. The van der Waals surface area contributed by atoms with E-state index >= 15 is 0 Å². The Morgan fingerprint density at radius 2 is 1.93 bits per heavy atom. The number of nitrogens with one attached hydrogen (secondary N) is 1. The molecule has 0 aliphatic heterocycles. The van der Waals surface area contributed by atoms with Gasteiger partial charge in [-0.15, -0.1) is 6.58 Å². The van der Waals surface area contributed by atoms with Gasteiger partial charge in [-0.1, -0.05) is 45.1 Å². The van der Waals surface area contributed by atoms with Gasteiger partial charge in [0, 0.05) is 6.04 Å². The van der Waals surface area contributed by atoms with Crippen LogP contribution in [0.1, 0.15) is 58.8 Å². The molecule has 84 valence electrons. The van der Waals surface area contributed by atoms with Crippen LogP contribution in [0.5, 0.6) is 0 Å². The lowest BCUT2D eigenvalue weighted by Gasteiger charge is -2.12. The molecule has 1 heteroatoms. The molecule has 0 rings (SSSR count). The fourth-order valence-electron chi connectivity index (χ4n) is 1.59. The smallest absolute Gasteiger partial charge is 0.00388 e. The summed E-state index contributed by atoms with van der Waals surface area (Å²) in [5.74, 6) is 0. The molecule has 14 heavy (non-hydrogen) atoms. The van der Waals surface area contributed by atoms with Crippen LogP contribution in [0, 0.1) is 0 Å². The molecule has 0 aromatic carbocycles. The zero-order valence-electron chi connectivity index (χ0n) is 10.0. The van der Waals surface area contributed by atoms with E-state index in [1.54, 1.807) is 0 Å². The summed E-state index contributed by atoms with van der Waals surface area (Å²) < 4.78 is 0. The van der Waals surface area contributed by atoms with Crippen LogP contribution >= 0.6 is 0 Å². The minimum absolute atomic E-state index is 0.677. The quantitative estimate of drug-likeness (QED) is 0.414. The summed E-state index contributed by atoms with van der Waals surface area (Å²) in [6, 6.07) is 0.677. The Morgan fingerprint density at radius 1 is 1.21 bits per heavy atom. The minimum Gasteiger partial charge on any atom is -0.314 e. The molecule has 0 saturated carbocycles. The minimum atomic E-state index is 0.677. The van der Waals surface area contributed by atoms with Crippen LogP contribution in [0.2, 0.25) is 0 Å². The zero-order chi connectivity index (χ0) is 10.6. The predicted octanol–water partition coefficient (Wildman–Crippen LogP) is 3.90. The van der Waals surface area contributed by atoms with Crippen molar-refractivity contribution < 1.29 is 0 Å². The molecule has 0 amide bonds. The van der Waals surface area contributed by atoms with Gasteiger partial charge in [0.15, 0.2) is 0 Å². The number of unbranched alkanes of at least 4 members (excludes halogenated alkanes) is 4. The molecule has 0 aliphatic carbocycles. The van der Waals surface area contributed by atoms with Crippen molar-refractivity contribution in [3.63, 3.8) is 0 Å². The van der Waals surface area contributed by atoms with Crippen molar-refractivity contribution >= 4 is 0 Å². The molecule has 0 heterocycles. The maximum Gasteiger partial charge on any atom is 0.00388 e. The second-order valence-electron chi connectivity index (χ2n) is 4.14. The SMILES string of the molecule is C=CCCNC(C)CCCCCCC. The summed E-state index contributed by atoms with van der Waals surface area (Å²) in [4.78, 5) is 0. The van der Waals surface area contributed by atoms with Crippen LogP contribution in [0.3, 0.4) is 0 Å². The van der Waals surface area contributed by atoms with Gasteiger partial charge < -0.3 is 5.32 Å². The van der Waals surface area contributed by atoms with Gasteiger partial charge in [0.1, 0.15) is 0 Å². The van der Waals surface area contributed by atoms with Crippen molar-refractivity contribution in [2.45, 2.75) is 64.8 Å². The van der Waals surface area contributed by atoms with Crippen molar-refractivity contribution in [2.24, 2.45) is 0 Å². The van der Waals surface area contributed by atoms with Crippen LogP contribution in [-0.2, 0) is 0 Å². The lowest BCUT2D eigenvalue weighted by atomic mass is 10.1. The first-order chi connectivity index (χ1) is 6.81. The first kappa shape index (κ1) is 13.7. The largest absolute Gasteiger partial charge is 0.314 e. The highest BCUT2D eigenvalue weighted by Crippen LogP contribution is 2.06. The summed E-state index contributed by atoms with van der Waals surface area (Å²) in [6.07, 6.45) is 11.3. The second kappa shape index (κ2) is 10.8. The van der Waals surface area contributed by atoms with E-state index in [2.05, 4.69) is 25.7 Å². The van der Waals surface area contributed by atoms with Gasteiger partial charge in [0.05, 0.1) is 0 Å². The van der Waals surface area contributed by atoms with Crippen molar-refractivity contribution in [1.29, 1.82) is 0 Å². The summed E-state index contributed by atoms with van der Waals surface area (Å²) in [6.45, 7) is 9.34. The Kier molecular flexibility index (Phi) is 10.5. The molecule has 0 aromatic rings. The summed E-state index contributed by atoms with van der Waals surface area (Å²) in [5, 5.41) is 3.50. The van der Waals surface area contributed by atoms with E-state index < -0.39 is 0 Å². The van der Waals surface area contributed by atoms with Crippen LogP contribution in [0.15, 0.2) is 12.7 Å². The Labute approximate surface area is 90.0 Å². The number of hydrogen-bond donors (Lipinski definition) is 1. The highest BCUT2D eigenvalue weighted by atomic mass is 14.9. The van der Waals surface area contributed by atoms with E-state index in [-0.39, 0.29) is 0 Å². The number of hydrogen-bond acceptors (Lipinski definition) is 1. The maximum atomic E-state index is 3.71. The third-order valence-electron chi connectivity index (χ3n) is 2.58. The molecule has 0 fully saturated rings. The van der Waals surface area contributed by atoms with Crippen LogP contribution in [0.25, 0.3) is 0 Å². The van der Waals surface area contributed by atoms with Crippen molar-refractivity contribution in [3.8, 4) is 0 Å². The summed E-state index contributed by atoms with van der Waals surface area (Å²) >= 11 is 0. The lowest BCUT2D eigenvalue weighted by Crippen LogP contribution is -2.26. The molecule has 0 spiro atoms. The fourth-order valence-corrected chi connectivity index (χ4v) is 1.59. The third-order valence-corrected chi connectivity index (χ3v) is 2.58. The number of rotatable bonds is 10. The Hall–Kier alpha value is -0.300. The highest BCUT2D eigenvalue weighted by molar-refractivity contribution is 4.69. The van der Waals surface area contributed by atoms with Gasteiger partial charge in [-0.2, -0.15) is 0 Å². The predicted molar refractivity (Wildman–Crippen MR) is 65.7 cm³/mol. The van der Waals surface area contributed by atoms with E-state index in [0.29, 0.717) is 6.04 Å². The van der Waals surface area contributed by atoms with Gasteiger partial charge >= 0.3 is 0 Å². The van der Waals surface area contributed by atoms with Gasteiger partial charge in [-0.3, -0.25) is 0 Å². The normalized spacial score (nSPS) is 12.7. The zero-order valence-corrected chi connectivity index (χ0v) is 10.0. The van der Waals surface area contributed by atoms with Gasteiger partial charge in [-0.25, -0.2) is 0 Å². The van der Waals surface area contributed by atoms with Crippen LogP contribution in [0.4, 0.5) is 0 Å². The second-order valence-corrected chi connectivity index (χ2v) is 4.14. The monoisotopic (exact) mass is 197 g/mol. The molecule has 0 aromatic heterocycles. The van der Waals surface area contributed by atoms with Crippen molar-refractivity contribution in [2.75, 3.05) is 6.54 Å². The Bertz CT molecular complexity index is 120. The lowest BCUT2D eigenvalue weighted by molar-refractivity contribution is 0.485. The average molecular weight is 197 g/mol. The van der Waals surface area contributed by atoms with Crippen molar-refractivity contribution in [1.82, 2.24) is 5.32 Å². The summed E-state index contributed by atoms with van der Waals surface area (Å²) in [5.41, 5.74) is 0. The molecule has 0 saturated heterocycles. The molecule has 1 N–H and O–H groups in total. The fraction of sp³-hybridized carbons (Fsp3) is 0.846. The van der Waals surface area contributed by atoms with Gasteiger partial charge in [0.25, 0.3) is 0 Å². The van der Waals surface area contributed by atoms with E-state index in [1.165, 1.54) is 38.5 Å². The third kappa shape index (κ3) is 9.79. The molecule has 0 radical (unpaired) electrons. The van der Waals surface area contributed by atoms with E-state index in [4.69, 9.17) is 0 Å². The van der Waals surface area contributed by atoms with E-state index in [1.807, 2.05) is 6.08 Å². The summed E-state index contributed by atoms with van der Waals surface area (Å²) in [7, 11) is 0. The topological polar surface area (TPSA) is 12.0 Å². The molecule has 1 nitrogen and oxygen atoms in total. The standard InChI is InChI=1S/C13H27N/c1-4-6-8-9-10-11-13(3)14-12-7-5-2/h5,13-14H,2,4,6-12H2,1,3H3. The molecule has 0 bridgehead atoms. The van der Waals surface area contributed by atoms with Crippen LogP contribution in [-0.4, -0.2) is 12.6 Å². The van der Waals surface area contributed by atoms with Crippen LogP contribution < -0.4 is 5.32 Å². The molecular weight excluding hydrogens is 170 g/mol. The van der Waals surface area contributed by atoms with E-state index in [9.17, 15) is 0 Å². The molecule has 1 atom stereocenters. The first-order valence-corrected chi connectivity index (χ1v) is 6.15. The average Bonchev–Trinajstić information content (AvgIpc) is 2.18. The van der Waals surface area contributed by atoms with Gasteiger partial charge in [-0.05, 0) is 26.3 Å². The highest BCUT2D eigenvalue weighted by Gasteiger charge is 1.99. The Balaban J connectivity index is 3.09. The van der Waals surface area contributed by atoms with Crippen molar-refractivity contribution in [3.05, 3.63) is 12.7 Å². The van der Waals surface area contributed by atoms with Gasteiger partial charge in [0.2, 0.25) is 0 Å². The molecular formula is C13H27N. The maximum absolute atomic E-state index is 3.71. The Morgan fingerprint density at radius 3 is 2.57 bits per heavy atom. The van der Waals surface area contributed by atoms with E-state index in [0.717, 1.165) is 13.0 Å². The molecule has 1 unspecified atom stereocenters.